The second kappa shape index (κ2) is 7.27. The molecule has 5 rings (SSSR count). The van der Waals surface area contributed by atoms with Crippen LogP contribution in [0.1, 0.15) is 24.0 Å². The molecule has 2 aliphatic rings. The van der Waals surface area contributed by atoms with Gasteiger partial charge in [0.2, 0.25) is 5.95 Å². The summed E-state index contributed by atoms with van der Waals surface area (Å²) < 4.78 is 7.60. The number of ether oxygens (including phenoxy) is 1. The van der Waals surface area contributed by atoms with Crippen LogP contribution in [-0.2, 0) is 19.5 Å². The first-order valence-corrected chi connectivity index (χ1v) is 10.2. The third kappa shape index (κ3) is 3.54. The SMILES string of the molecule is COc1cc2c(cc1Nc1ncc3cnn(CC4CC(N)C4)c3n1)CN(C)CC2. The molecule has 8 nitrogen and oxygen atoms in total. The quantitative estimate of drug-likeness (QED) is 0.687. The molecule has 3 heterocycles. The smallest absolute Gasteiger partial charge is 0.229 e. The van der Waals surface area contributed by atoms with Crippen LogP contribution in [0.25, 0.3) is 11.0 Å². The second-order valence-electron chi connectivity index (χ2n) is 8.33. The fourth-order valence-corrected chi connectivity index (χ4v) is 4.36. The highest BCUT2D eigenvalue weighted by Gasteiger charge is 2.27. The summed E-state index contributed by atoms with van der Waals surface area (Å²) >= 11 is 0. The average Bonchev–Trinajstić information content (AvgIpc) is 3.08. The molecule has 0 bridgehead atoms. The van der Waals surface area contributed by atoms with Gasteiger partial charge in [-0.05, 0) is 55.5 Å². The first kappa shape index (κ1) is 18.3. The van der Waals surface area contributed by atoms with Crippen LogP contribution in [0.15, 0.2) is 24.5 Å². The molecule has 3 N–H and O–H groups in total. The fraction of sp³-hybridized carbons (Fsp3) is 0.476. The maximum absolute atomic E-state index is 5.92. The van der Waals surface area contributed by atoms with E-state index >= 15 is 0 Å². The summed E-state index contributed by atoms with van der Waals surface area (Å²) in [7, 11) is 3.84. The largest absolute Gasteiger partial charge is 0.495 e. The van der Waals surface area contributed by atoms with Gasteiger partial charge in [-0.25, -0.2) is 9.67 Å². The van der Waals surface area contributed by atoms with Gasteiger partial charge in [-0.3, -0.25) is 0 Å². The number of anilines is 2. The number of methoxy groups -OCH3 is 1. The molecule has 0 unspecified atom stereocenters. The van der Waals surface area contributed by atoms with Crippen molar-refractivity contribution >= 4 is 22.7 Å². The Balaban J connectivity index is 1.43. The minimum absolute atomic E-state index is 0.337. The molecule has 0 amide bonds. The van der Waals surface area contributed by atoms with E-state index < -0.39 is 0 Å². The normalized spacial score (nSPS) is 21.6. The van der Waals surface area contributed by atoms with Crippen LogP contribution in [0.3, 0.4) is 0 Å². The topological polar surface area (TPSA) is 94.1 Å². The van der Waals surface area contributed by atoms with E-state index in [1.54, 1.807) is 7.11 Å². The summed E-state index contributed by atoms with van der Waals surface area (Å²) in [5, 5.41) is 8.81. The van der Waals surface area contributed by atoms with Crippen molar-refractivity contribution in [1.82, 2.24) is 24.6 Å². The predicted molar refractivity (Wildman–Crippen MR) is 112 cm³/mol. The summed E-state index contributed by atoms with van der Waals surface area (Å²) in [4.78, 5) is 11.6. The van der Waals surface area contributed by atoms with E-state index in [-0.39, 0.29) is 0 Å². The van der Waals surface area contributed by atoms with E-state index in [0.717, 1.165) is 61.4 Å². The third-order valence-electron chi connectivity index (χ3n) is 6.05. The van der Waals surface area contributed by atoms with Crippen molar-refractivity contribution in [3.8, 4) is 5.75 Å². The second-order valence-corrected chi connectivity index (χ2v) is 8.33. The number of nitrogens with two attached hydrogens (primary N) is 1. The molecule has 1 saturated carbocycles. The monoisotopic (exact) mass is 393 g/mol. The lowest BCUT2D eigenvalue weighted by molar-refractivity contribution is 0.229. The predicted octanol–water partition coefficient (Wildman–Crippen LogP) is 2.30. The third-order valence-corrected chi connectivity index (χ3v) is 6.05. The van der Waals surface area contributed by atoms with Crippen LogP contribution in [0.4, 0.5) is 11.6 Å². The average molecular weight is 393 g/mol. The van der Waals surface area contributed by atoms with Crippen molar-refractivity contribution in [2.75, 3.05) is 26.0 Å². The zero-order valence-corrected chi connectivity index (χ0v) is 16.9. The highest BCUT2D eigenvalue weighted by atomic mass is 16.5. The lowest BCUT2D eigenvalue weighted by Gasteiger charge is -2.32. The van der Waals surface area contributed by atoms with E-state index in [9.17, 15) is 0 Å². The van der Waals surface area contributed by atoms with Crippen molar-refractivity contribution < 1.29 is 4.74 Å². The molecule has 0 atom stereocenters. The van der Waals surface area contributed by atoms with Crippen molar-refractivity contribution in [3.63, 3.8) is 0 Å². The van der Waals surface area contributed by atoms with Crippen molar-refractivity contribution in [3.05, 3.63) is 35.7 Å². The minimum atomic E-state index is 0.337. The van der Waals surface area contributed by atoms with Gasteiger partial charge >= 0.3 is 0 Å². The molecule has 152 valence electrons. The van der Waals surface area contributed by atoms with E-state index in [2.05, 4.69) is 39.5 Å². The van der Waals surface area contributed by atoms with E-state index in [1.807, 2.05) is 17.1 Å². The molecule has 29 heavy (non-hydrogen) atoms. The summed E-state index contributed by atoms with van der Waals surface area (Å²) in [6.45, 7) is 2.85. The van der Waals surface area contributed by atoms with Gasteiger partial charge in [0.25, 0.3) is 0 Å². The van der Waals surface area contributed by atoms with Crippen LogP contribution < -0.4 is 15.8 Å². The fourth-order valence-electron chi connectivity index (χ4n) is 4.36. The van der Waals surface area contributed by atoms with Gasteiger partial charge in [0, 0.05) is 31.9 Å². The molecule has 2 aromatic heterocycles. The standard InChI is InChI=1S/C21H27N7O/c1-27-4-3-14-8-19(29-2)18(7-15(14)12-27)25-21-23-9-16-10-24-28(20(16)26-21)11-13-5-17(22)6-13/h7-10,13,17H,3-6,11-12,22H2,1-2H3,(H,23,25,26). The highest BCUT2D eigenvalue weighted by Crippen LogP contribution is 2.33. The van der Waals surface area contributed by atoms with Crippen LogP contribution in [0.2, 0.25) is 0 Å². The van der Waals surface area contributed by atoms with Crippen LogP contribution in [0, 0.1) is 5.92 Å². The number of aromatic nitrogens is 4. The number of nitrogens with zero attached hydrogens (tertiary/aromatic N) is 5. The molecule has 0 radical (unpaired) electrons. The van der Waals surface area contributed by atoms with Gasteiger partial charge in [-0.2, -0.15) is 10.1 Å². The number of likely N-dealkylation sites (N-methyl/N-ethyl adjacent to an activating group) is 1. The number of fused-ring (bicyclic) bond motifs is 2. The first-order valence-electron chi connectivity index (χ1n) is 10.2. The Morgan fingerprint density at radius 1 is 1.24 bits per heavy atom. The van der Waals surface area contributed by atoms with Gasteiger partial charge in [-0.1, -0.05) is 0 Å². The lowest BCUT2D eigenvalue weighted by atomic mass is 9.81. The molecule has 0 spiro atoms. The van der Waals surface area contributed by atoms with Crippen molar-refractivity contribution in [1.29, 1.82) is 0 Å². The number of hydrogen-bond donors (Lipinski definition) is 2. The molecular formula is C21H27N7O. The van der Waals surface area contributed by atoms with Crippen LogP contribution in [0.5, 0.6) is 5.75 Å². The van der Waals surface area contributed by atoms with Gasteiger partial charge in [0.05, 0.1) is 24.4 Å². The zero-order chi connectivity index (χ0) is 20.0. The molecule has 1 aromatic carbocycles. The molecule has 1 aliphatic heterocycles. The Morgan fingerprint density at radius 2 is 2.10 bits per heavy atom. The molecule has 1 aliphatic carbocycles. The molecular weight excluding hydrogens is 366 g/mol. The summed E-state index contributed by atoms with van der Waals surface area (Å²) in [5.41, 5.74) is 10.3. The Bertz CT molecular complexity index is 1040. The Hall–Kier alpha value is -2.71. The number of hydrogen-bond acceptors (Lipinski definition) is 7. The van der Waals surface area contributed by atoms with Gasteiger partial charge < -0.3 is 20.7 Å². The van der Waals surface area contributed by atoms with Gasteiger partial charge in [0.1, 0.15) is 5.75 Å². The molecule has 8 heteroatoms. The maximum Gasteiger partial charge on any atom is 0.229 e. The molecule has 3 aromatic rings. The van der Waals surface area contributed by atoms with Gasteiger partial charge in [-0.15, -0.1) is 0 Å². The molecule has 0 saturated heterocycles. The van der Waals surface area contributed by atoms with E-state index in [4.69, 9.17) is 15.5 Å². The van der Waals surface area contributed by atoms with E-state index in [0.29, 0.717) is 17.9 Å². The summed E-state index contributed by atoms with van der Waals surface area (Å²) in [6, 6.07) is 4.63. The highest BCUT2D eigenvalue weighted by molar-refractivity contribution is 5.76. The van der Waals surface area contributed by atoms with Crippen LogP contribution in [-0.4, -0.2) is 51.4 Å². The van der Waals surface area contributed by atoms with Crippen LogP contribution >= 0.6 is 0 Å². The number of benzene rings is 1. The summed E-state index contributed by atoms with van der Waals surface area (Å²) in [6.07, 6.45) is 6.79. The molecule has 1 fully saturated rings. The Morgan fingerprint density at radius 3 is 2.90 bits per heavy atom. The number of nitrogens with one attached hydrogen (secondary N) is 1. The van der Waals surface area contributed by atoms with Crippen molar-refractivity contribution in [2.24, 2.45) is 11.7 Å². The first-order chi connectivity index (χ1) is 14.1. The zero-order valence-electron chi connectivity index (χ0n) is 16.9. The summed E-state index contributed by atoms with van der Waals surface area (Å²) in [5.74, 6) is 1.94. The maximum atomic E-state index is 5.92. The van der Waals surface area contributed by atoms with Crippen molar-refractivity contribution in [2.45, 2.75) is 38.4 Å². The lowest BCUT2D eigenvalue weighted by Crippen LogP contribution is -2.38. The van der Waals surface area contributed by atoms with E-state index in [1.165, 1.54) is 11.1 Å². The number of rotatable bonds is 5. The minimum Gasteiger partial charge on any atom is -0.495 e. The Labute approximate surface area is 170 Å². The Kier molecular flexibility index (Phi) is 4.60. The van der Waals surface area contributed by atoms with Gasteiger partial charge in [0.15, 0.2) is 5.65 Å².